The molecule has 238 valence electrons. The molecule has 0 aliphatic carbocycles. The van der Waals surface area contributed by atoms with Crippen molar-refractivity contribution in [3.8, 4) is 11.3 Å². The Kier molecular flexibility index (Phi) is 10.1. The van der Waals surface area contributed by atoms with E-state index in [1.165, 1.54) is 28.7 Å². The second kappa shape index (κ2) is 14.9. The minimum atomic E-state index is -0.462. The Morgan fingerprint density at radius 3 is 2.25 bits per heavy atom. The summed E-state index contributed by atoms with van der Waals surface area (Å²) in [5, 5.41) is 11.2. The van der Waals surface area contributed by atoms with Crippen molar-refractivity contribution in [2.75, 3.05) is 16.4 Å². The number of aromatic nitrogens is 1. The average molecular weight is 669 g/mol. The molecule has 1 heterocycles. The minimum Gasteiger partial charge on any atom is -0.321 e. The Hall–Kier alpha value is -5.51. The van der Waals surface area contributed by atoms with E-state index in [2.05, 4.69) is 20.9 Å². The monoisotopic (exact) mass is 668 g/mol. The minimum absolute atomic E-state index is 0.110. The molecule has 0 aliphatic heterocycles. The number of carbonyl (C=O) groups excluding carboxylic acids is 3. The van der Waals surface area contributed by atoms with Crippen LogP contribution in [0.25, 0.3) is 28.1 Å². The smallest absolute Gasteiger partial charge is 0.272 e. The number of amides is 3. The molecule has 48 heavy (non-hydrogen) atoms. The van der Waals surface area contributed by atoms with Crippen LogP contribution in [0.2, 0.25) is 0 Å². The number of thiazole rings is 1. The van der Waals surface area contributed by atoms with E-state index in [9.17, 15) is 14.4 Å². The van der Waals surface area contributed by atoms with Crippen LogP contribution in [0.1, 0.15) is 26.4 Å². The van der Waals surface area contributed by atoms with Crippen LogP contribution in [0.15, 0.2) is 132 Å². The molecule has 6 aromatic rings. The molecule has 0 saturated heterocycles. The number of nitrogens with one attached hydrogen (secondary N) is 3. The van der Waals surface area contributed by atoms with Crippen LogP contribution in [0, 0.1) is 13.8 Å². The van der Waals surface area contributed by atoms with Gasteiger partial charge < -0.3 is 16.0 Å². The first-order valence-corrected chi connectivity index (χ1v) is 17.1. The third-order valence-electron chi connectivity index (χ3n) is 7.50. The van der Waals surface area contributed by atoms with Gasteiger partial charge in [-0.3, -0.25) is 14.4 Å². The van der Waals surface area contributed by atoms with E-state index in [-0.39, 0.29) is 23.3 Å². The van der Waals surface area contributed by atoms with Crippen molar-refractivity contribution in [3.05, 3.63) is 149 Å². The summed E-state index contributed by atoms with van der Waals surface area (Å²) < 4.78 is 0. The van der Waals surface area contributed by atoms with Gasteiger partial charge in [-0.15, -0.1) is 23.1 Å². The maximum atomic E-state index is 13.6. The van der Waals surface area contributed by atoms with E-state index in [0.717, 1.165) is 37.4 Å². The molecule has 0 saturated carbocycles. The van der Waals surface area contributed by atoms with Crippen molar-refractivity contribution in [2.24, 2.45) is 0 Å². The highest BCUT2D eigenvalue weighted by Gasteiger charge is 2.16. The van der Waals surface area contributed by atoms with Crippen LogP contribution in [-0.4, -0.2) is 28.5 Å². The molecular weight excluding hydrogens is 637 g/mol. The first-order valence-electron chi connectivity index (χ1n) is 15.3. The Morgan fingerprint density at radius 2 is 1.48 bits per heavy atom. The fourth-order valence-electron chi connectivity index (χ4n) is 5.04. The zero-order chi connectivity index (χ0) is 33.5. The third-order valence-corrected chi connectivity index (χ3v) is 9.40. The number of aryl methyl sites for hydroxylation is 2. The lowest BCUT2D eigenvalue weighted by Gasteiger charge is -2.12. The van der Waals surface area contributed by atoms with Crippen LogP contribution in [0.3, 0.4) is 0 Å². The highest BCUT2D eigenvalue weighted by molar-refractivity contribution is 8.00. The van der Waals surface area contributed by atoms with E-state index in [4.69, 9.17) is 0 Å². The molecule has 0 bridgehead atoms. The average Bonchev–Trinajstić information content (AvgIpc) is 3.47. The molecule has 1 aromatic heterocycles. The lowest BCUT2D eigenvalue weighted by atomic mass is 10.0. The van der Waals surface area contributed by atoms with Gasteiger partial charge in [0.2, 0.25) is 5.91 Å². The van der Waals surface area contributed by atoms with Gasteiger partial charge in [-0.1, -0.05) is 90.5 Å². The number of fused-ring (bicyclic) bond motifs is 1. The molecule has 9 heteroatoms. The van der Waals surface area contributed by atoms with Crippen molar-refractivity contribution in [3.63, 3.8) is 0 Å². The number of benzene rings is 5. The van der Waals surface area contributed by atoms with E-state index in [0.29, 0.717) is 16.4 Å². The van der Waals surface area contributed by atoms with Crippen molar-refractivity contribution < 1.29 is 14.4 Å². The Morgan fingerprint density at radius 1 is 0.771 bits per heavy atom. The van der Waals surface area contributed by atoms with Gasteiger partial charge in [-0.05, 0) is 72.7 Å². The van der Waals surface area contributed by atoms with Gasteiger partial charge in [0.15, 0.2) is 5.13 Å². The Labute approximate surface area is 287 Å². The van der Waals surface area contributed by atoms with E-state index >= 15 is 0 Å². The van der Waals surface area contributed by atoms with Crippen molar-refractivity contribution in [1.29, 1.82) is 0 Å². The summed E-state index contributed by atoms with van der Waals surface area (Å²) in [6, 6.07) is 37.8. The SMILES string of the molecule is Cc1ccc(-c2nc(NC(=O)CSc3ccc(NC(=O)/C(=C/c4cccc5ccccc45)NC(=O)c4ccccc4)cc3)sc2C)cc1. The summed E-state index contributed by atoms with van der Waals surface area (Å²) in [6.07, 6.45) is 1.69. The summed E-state index contributed by atoms with van der Waals surface area (Å²) >= 11 is 2.84. The first-order chi connectivity index (χ1) is 23.3. The predicted octanol–water partition coefficient (Wildman–Crippen LogP) is 8.72. The second-order valence-corrected chi connectivity index (χ2v) is 13.3. The molecule has 5 aromatic carbocycles. The molecular formula is C39H32N4O3S2. The van der Waals surface area contributed by atoms with Crippen molar-refractivity contribution in [2.45, 2.75) is 18.7 Å². The number of hydrogen-bond donors (Lipinski definition) is 3. The van der Waals surface area contributed by atoms with E-state index in [1.54, 1.807) is 42.5 Å². The van der Waals surface area contributed by atoms with Crippen molar-refractivity contribution in [1.82, 2.24) is 10.3 Å². The van der Waals surface area contributed by atoms with Gasteiger partial charge in [0.25, 0.3) is 11.8 Å². The first kappa shape index (κ1) is 32.4. The quantitative estimate of drug-likeness (QED) is 0.100. The van der Waals surface area contributed by atoms with Crippen LogP contribution < -0.4 is 16.0 Å². The van der Waals surface area contributed by atoms with Gasteiger partial charge in [0, 0.05) is 26.6 Å². The van der Waals surface area contributed by atoms with Gasteiger partial charge in [-0.25, -0.2) is 4.98 Å². The maximum absolute atomic E-state index is 13.6. The van der Waals surface area contributed by atoms with Crippen LogP contribution in [0.4, 0.5) is 10.8 Å². The second-order valence-electron chi connectivity index (χ2n) is 11.1. The van der Waals surface area contributed by atoms with Gasteiger partial charge in [-0.2, -0.15) is 0 Å². The van der Waals surface area contributed by atoms with E-state index < -0.39 is 5.91 Å². The topological polar surface area (TPSA) is 100 Å². The van der Waals surface area contributed by atoms with Crippen LogP contribution in [0.5, 0.6) is 0 Å². The molecule has 0 unspecified atom stereocenters. The summed E-state index contributed by atoms with van der Waals surface area (Å²) in [6.45, 7) is 4.04. The lowest BCUT2D eigenvalue weighted by molar-refractivity contribution is -0.114. The molecule has 3 amide bonds. The summed E-state index contributed by atoms with van der Waals surface area (Å²) in [4.78, 5) is 45.9. The zero-order valence-corrected chi connectivity index (χ0v) is 28.0. The maximum Gasteiger partial charge on any atom is 0.272 e. The number of hydrogen-bond acceptors (Lipinski definition) is 6. The van der Waals surface area contributed by atoms with Gasteiger partial charge in [0.05, 0.1) is 11.4 Å². The fourth-order valence-corrected chi connectivity index (χ4v) is 6.59. The zero-order valence-electron chi connectivity index (χ0n) is 26.3. The molecule has 3 N–H and O–H groups in total. The summed E-state index contributed by atoms with van der Waals surface area (Å²) in [7, 11) is 0. The molecule has 0 atom stereocenters. The predicted molar refractivity (Wildman–Crippen MR) is 197 cm³/mol. The molecule has 0 aliphatic rings. The highest BCUT2D eigenvalue weighted by atomic mass is 32.2. The number of anilines is 2. The normalized spacial score (nSPS) is 11.2. The number of nitrogens with zero attached hydrogens (tertiary/aromatic N) is 1. The Bertz CT molecular complexity index is 2120. The fraction of sp³-hybridized carbons (Fsp3) is 0.0769. The summed E-state index contributed by atoms with van der Waals surface area (Å²) in [5.74, 6) is -0.801. The van der Waals surface area contributed by atoms with Gasteiger partial charge >= 0.3 is 0 Å². The molecule has 0 fully saturated rings. The molecule has 7 nitrogen and oxygen atoms in total. The Balaban J connectivity index is 1.11. The van der Waals surface area contributed by atoms with Crippen LogP contribution >= 0.6 is 23.1 Å². The summed E-state index contributed by atoms with van der Waals surface area (Å²) in [5.41, 5.74) is 4.97. The van der Waals surface area contributed by atoms with Crippen LogP contribution in [-0.2, 0) is 9.59 Å². The molecule has 6 rings (SSSR count). The van der Waals surface area contributed by atoms with E-state index in [1.807, 2.05) is 98.8 Å². The number of thioether (sulfide) groups is 1. The largest absolute Gasteiger partial charge is 0.321 e. The highest BCUT2D eigenvalue weighted by Crippen LogP contribution is 2.31. The molecule has 0 radical (unpaired) electrons. The molecule has 0 spiro atoms. The van der Waals surface area contributed by atoms with Crippen molar-refractivity contribution >= 4 is 68.5 Å². The standard InChI is InChI=1S/C39H32N4O3S2/c1-25-15-17-28(18-16-25)36-26(2)48-39(43-36)42-35(44)24-47-32-21-19-31(20-22-32)40-38(46)34(41-37(45)29-10-4-3-5-11-29)23-30-13-8-12-27-9-6-7-14-33(27)30/h3-23H,24H2,1-2H3,(H,40,46)(H,41,45)(H,42,43,44)/b34-23-. The van der Waals surface area contributed by atoms with Gasteiger partial charge in [0.1, 0.15) is 5.70 Å². The number of carbonyl (C=O) groups is 3. The lowest BCUT2D eigenvalue weighted by Crippen LogP contribution is -2.30. The number of rotatable bonds is 10. The third kappa shape index (κ3) is 8.06.